The molecule has 0 atom stereocenters. The molecule has 0 saturated carbocycles. The maximum atomic E-state index is 4.39. The van der Waals surface area contributed by atoms with Crippen LogP contribution >= 0.6 is 0 Å². The summed E-state index contributed by atoms with van der Waals surface area (Å²) in [7, 11) is 1.86. The van der Waals surface area contributed by atoms with E-state index in [1.807, 2.05) is 7.05 Å². The average Bonchev–Trinajstić information content (AvgIpc) is 2.92. The Labute approximate surface area is 121 Å². The van der Waals surface area contributed by atoms with Gasteiger partial charge in [0.15, 0.2) is 5.96 Å². The molecule has 0 aromatic carbocycles. The van der Waals surface area contributed by atoms with Crippen molar-refractivity contribution in [3.63, 3.8) is 0 Å². The van der Waals surface area contributed by atoms with E-state index in [2.05, 4.69) is 43.8 Å². The molecule has 1 aliphatic rings. The van der Waals surface area contributed by atoms with Crippen molar-refractivity contribution in [3.05, 3.63) is 12.2 Å². The summed E-state index contributed by atoms with van der Waals surface area (Å²) < 4.78 is 2.10. The van der Waals surface area contributed by atoms with Gasteiger partial charge in [-0.3, -0.25) is 4.99 Å². The van der Waals surface area contributed by atoms with E-state index in [0.717, 1.165) is 50.3 Å². The zero-order chi connectivity index (χ0) is 14.4. The number of aryl methyl sites for hydroxylation is 1. The van der Waals surface area contributed by atoms with Gasteiger partial charge in [0.1, 0.15) is 12.2 Å². The first-order chi connectivity index (χ1) is 9.74. The van der Waals surface area contributed by atoms with Gasteiger partial charge in [0.25, 0.3) is 0 Å². The largest absolute Gasteiger partial charge is 0.354 e. The SMILES string of the molecule is CCc1nncn1CCNC(=NC)N1CCC(C)CC1. The lowest BCUT2D eigenvalue weighted by atomic mass is 10.00. The number of guanidine groups is 1. The quantitative estimate of drug-likeness (QED) is 0.663. The summed E-state index contributed by atoms with van der Waals surface area (Å²) in [5.41, 5.74) is 0. The molecule has 0 bridgehead atoms. The summed E-state index contributed by atoms with van der Waals surface area (Å²) in [6, 6.07) is 0. The van der Waals surface area contributed by atoms with E-state index < -0.39 is 0 Å². The summed E-state index contributed by atoms with van der Waals surface area (Å²) in [5, 5.41) is 11.5. The van der Waals surface area contributed by atoms with Gasteiger partial charge in [-0.15, -0.1) is 10.2 Å². The second-order valence-electron chi connectivity index (χ2n) is 5.44. The van der Waals surface area contributed by atoms with Gasteiger partial charge in [-0.2, -0.15) is 0 Å². The molecule has 6 heteroatoms. The molecular weight excluding hydrogens is 252 g/mol. The van der Waals surface area contributed by atoms with Gasteiger partial charge in [-0.1, -0.05) is 13.8 Å². The van der Waals surface area contributed by atoms with Gasteiger partial charge in [-0.05, 0) is 18.8 Å². The Kier molecular flexibility index (Phi) is 5.38. The van der Waals surface area contributed by atoms with Crippen molar-refractivity contribution in [2.75, 3.05) is 26.7 Å². The number of rotatable bonds is 4. The summed E-state index contributed by atoms with van der Waals surface area (Å²) in [6.07, 6.45) is 5.23. The van der Waals surface area contributed by atoms with Crippen LogP contribution in [0.15, 0.2) is 11.3 Å². The van der Waals surface area contributed by atoms with Gasteiger partial charge >= 0.3 is 0 Å². The van der Waals surface area contributed by atoms with Gasteiger partial charge in [-0.25, -0.2) is 0 Å². The Morgan fingerprint density at radius 2 is 2.20 bits per heavy atom. The standard InChI is InChI=1S/C14H26N6/c1-4-13-18-17-11-20(13)10-7-16-14(15-3)19-8-5-12(2)6-9-19/h11-12H,4-10H2,1-3H3,(H,15,16). The number of likely N-dealkylation sites (tertiary alicyclic amines) is 1. The van der Waals surface area contributed by atoms with E-state index in [0.29, 0.717) is 0 Å². The third-order valence-corrected chi connectivity index (χ3v) is 3.94. The molecule has 0 radical (unpaired) electrons. The molecule has 0 amide bonds. The van der Waals surface area contributed by atoms with Crippen LogP contribution in [0.3, 0.4) is 0 Å². The highest BCUT2D eigenvalue weighted by Gasteiger charge is 2.18. The maximum absolute atomic E-state index is 4.39. The minimum atomic E-state index is 0.841. The Morgan fingerprint density at radius 1 is 1.45 bits per heavy atom. The van der Waals surface area contributed by atoms with E-state index in [4.69, 9.17) is 0 Å². The maximum Gasteiger partial charge on any atom is 0.193 e. The molecule has 0 aliphatic carbocycles. The number of aliphatic imine (C=N–C) groups is 1. The monoisotopic (exact) mass is 278 g/mol. The van der Waals surface area contributed by atoms with Crippen molar-refractivity contribution < 1.29 is 0 Å². The molecule has 2 heterocycles. The molecule has 1 aromatic rings. The Balaban J connectivity index is 1.80. The predicted molar refractivity (Wildman–Crippen MR) is 80.7 cm³/mol. The molecule has 20 heavy (non-hydrogen) atoms. The summed E-state index contributed by atoms with van der Waals surface area (Å²) in [4.78, 5) is 6.74. The van der Waals surface area contributed by atoms with E-state index >= 15 is 0 Å². The molecule has 0 spiro atoms. The lowest BCUT2D eigenvalue weighted by Crippen LogP contribution is -2.46. The second kappa shape index (κ2) is 7.26. The average molecular weight is 278 g/mol. The van der Waals surface area contributed by atoms with Crippen molar-refractivity contribution in [1.82, 2.24) is 25.0 Å². The van der Waals surface area contributed by atoms with E-state index in [1.54, 1.807) is 6.33 Å². The molecule has 6 nitrogen and oxygen atoms in total. The smallest absolute Gasteiger partial charge is 0.193 e. The molecular formula is C14H26N6. The second-order valence-corrected chi connectivity index (χ2v) is 5.44. The molecule has 2 rings (SSSR count). The van der Waals surface area contributed by atoms with Crippen molar-refractivity contribution in [2.24, 2.45) is 10.9 Å². The van der Waals surface area contributed by atoms with Gasteiger partial charge < -0.3 is 14.8 Å². The van der Waals surface area contributed by atoms with Crippen LogP contribution in [0.5, 0.6) is 0 Å². The van der Waals surface area contributed by atoms with Gasteiger partial charge in [0, 0.05) is 39.6 Å². The third kappa shape index (κ3) is 3.71. The first-order valence-electron chi connectivity index (χ1n) is 7.56. The highest BCUT2D eigenvalue weighted by atomic mass is 15.3. The molecule has 112 valence electrons. The number of aromatic nitrogens is 3. The number of nitrogens with zero attached hydrogens (tertiary/aromatic N) is 5. The van der Waals surface area contributed by atoms with Crippen LogP contribution in [0.2, 0.25) is 0 Å². The van der Waals surface area contributed by atoms with Crippen LogP contribution in [0.1, 0.15) is 32.5 Å². The van der Waals surface area contributed by atoms with Crippen LogP contribution < -0.4 is 5.32 Å². The minimum absolute atomic E-state index is 0.841. The van der Waals surface area contributed by atoms with E-state index in [-0.39, 0.29) is 0 Å². The zero-order valence-electron chi connectivity index (χ0n) is 12.8. The highest BCUT2D eigenvalue weighted by molar-refractivity contribution is 5.79. The minimum Gasteiger partial charge on any atom is -0.354 e. The number of hydrogen-bond donors (Lipinski definition) is 1. The number of nitrogens with one attached hydrogen (secondary N) is 1. The fourth-order valence-electron chi connectivity index (χ4n) is 2.58. The van der Waals surface area contributed by atoms with E-state index in [1.165, 1.54) is 12.8 Å². The molecule has 1 aliphatic heterocycles. The first kappa shape index (κ1) is 14.8. The van der Waals surface area contributed by atoms with Crippen LogP contribution in [0, 0.1) is 5.92 Å². The summed E-state index contributed by atoms with van der Waals surface area (Å²) in [5.74, 6) is 2.89. The normalized spacial score (nSPS) is 17.6. The summed E-state index contributed by atoms with van der Waals surface area (Å²) >= 11 is 0. The van der Waals surface area contributed by atoms with Crippen LogP contribution in [-0.2, 0) is 13.0 Å². The number of piperidine rings is 1. The molecule has 1 fully saturated rings. The Bertz CT molecular complexity index is 431. The third-order valence-electron chi connectivity index (χ3n) is 3.94. The zero-order valence-corrected chi connectivity index (χ0v) is 12.8. The Morgan fingerprint density at radius 3 is 2.85 bits per heavy atom. The molecule has 1 saturated heterocycles. The van der Waals surface area contributed by atoms with Crippen LogP contribution in [0.4, 0.5) is 0 Å². The van der Waals surface area contributed by atoms with Crippen LogP contribution in [-0.4, -0.2) is 52.3 Å². The Hall–Kier alpha value is -1.59. The van der Waals surface area contributed by atoms with Crippen molar-refractivity contribution >= 4 is 5.96 Å². The predicted octanol–water partition coefficient (Wildman–Crippen LogP) is 1.15. The van der Waals surface area contributed by atoms with Gasteiger partial charge in [0.05, 0.1) is 0 Å². The topological polar surface area (TPSA) is 58.3 Å². The number of hydrogen-bond acceptors (Lipinski definition) is 3. The molecule has 1 N–H and O–H groups in total. The first-order valence-corrected chi connectivity index (χ1v) is 7.56. The van der Waals surface area contributed by atoms with Crippen molar-refractivity contribution in [3.8, 4) is 0 Å². The van der Waals surface area contributed by atoms with Gasteiger partial charge in [0.2, 0.25) is 0 Å². The van der Waals surface area contributed by atoms with Crippen molar-refractivity contribution in [2.45, 2.75) is 39.7 Å². The fraction of sp³-hybridized carbons (Fsp3) is 0.786. The highest BCUT2D eigenvalue weighted by Crippen LogP contribution is 2.15. The van der Waals surface area contributed by atoms with Crippen LogP contribution in [0.25, 0.3) is 0 Å². The molecule has 0 unspecified atom stereocenters. The fourth-order valence-corrected chi connectivity index (χ4v) is 2.58. The van der Waals surface area contributed by atoms with E-state index in [9.17, 15) is 0 Å². The molecule has 1 aromatic heterocycles. The van der Waals surface area contributed by atoms with Crippen molar-refractivity contribution in [1.29, 1.82) is 0 Å². The lowest BCUT2D eigenvalue weighted by molar-refractivity contribution is 0.273. The summed E-state index contributed by atoms with van der Waals surface area (Å²) in [6.45, 7) is 8.36. The lowest BCUT2D eigenvalue weighted by Gasteiger charge is -2.32.